The molecule has 0 aliphatic carbocycles. The van der Waals surface area contributed by atoms with Gasteiger partial charge < -0.3 is 14.5 Å². The van der Waals surface area contributed by atoms with Gasteiger partial charge in [0.05, 0.1) is 19.3 Å². The number of methoxy groups -OCH3 is 1. The number of carbonyl (C=O) groups excluding carboxylic acids is 1. The number of hydrogen-bond acceptors (Lipinski definition) is 4. The number of ether oxygens (including phenoxy) is 1. The van der Waals surface area contributed by atoms with Gasteiger partial charge in [-0.2, -0.15) is 5.10 Å². The Morgan fingerprint density at radius 3 is 2.92 bits per heavy atom. The Kier molecular flexibility index (Phi) is 4.61. The van der Waals surface area contributed by atoms with Crippen LogP contribution in [0.2, 0.25) is 0 Å². The molecule has 6 nitrogen and oxygen atoms in total. The molecular weight excluding hydrogens is 318 g/mol. The van der Waals surface area contributed by atoms with Crippen molar-refractivity contribution in [2.45, 2.75) is 19.9 Å². The van der Waals surface area contributed by atoms with Crippen molar-refractivity contribution >= 4 is 23.0 Å². The minimum absolute atomic E-state index is 0.186. The standard InChI is InChI=1S/C19H21N3O3/c1-12-16-9-15(24-4)6-7-17(16)25-19(12)13(2)21-18(23)8-5-14-10-20-22(3)11-14/h5-11,13H,1-4H3,(H,21,23)/b8-5+. The van der Waals surface area contributed by atoms with E-state index in [9.17, 15) is 4.79 Å². The Morgan fingerprint density at radius 1 is 1.44 bits per heavy atom. The monoisotopic (exact) mass is 339 g/mol. The lowest BCUT2D eigenvalue weighted by molar-refractivity contribution is -0.117. The van der Waals surface area contributed by atoms with Gasteiger partial charge in [0.25, 0.3) is 0 Å². The van der Waals surface area contributed by atoms with Crippen molar-refractivity contribution in [1.82, 2.24) is 15.1 Å². The summed E-state index contributed by atoms with van der Waals surface area (Å²) in [5, 5.41) is 7.97. The topological polar surface area (TPSA) is 69.3 Å². The van der Waals surface area contributed by atoms with Crippen molar-refractivity contribution in [3.05, 3.63) is 53.6 Å². The fourth-order valence-electron chi connectivity index (χ4n) is 2.78. The SMILES string of the molecule is COc1ccc2oc(C(C)NC(=O)/C=C/c3cnn(C)c3)c(C)c2c1. The second kappa shape index (κ2) is 6.84. The van der Waals surface area contributed by atoms with Crippen LogP contribution in [0.5, 0.6) is 5.75 Å². The van der Waals surface area contributed by atoms with E-state index in [1.165, 1.54) is 6.08 Å². The molecule has 0 aliphatic heterocycles. The van der Waals surface area contributed by atoms with Crippen LogP contribution in [-0.2, 0) is 11.8 Å². The predicted octanol–water partition coefficient (Wildman–Crippen LogP) is 3.37. The van der Waals surface area contributed by atoms with Crippen LogP contribution in [0.1, 0.15) is 29.9 Å². The van der Waals surface area contributed by atoms with Crippen molar-refractivity contribution < 1.29 is 13.9 Å². The highest BCUT2D eigenvalue weighted by Gasteiger charge is 2.18. The molecule has 1 unspecified atom stereocenters. The molecule has 0 fully saturated rings. The van der Waals surface area contributed by atoms with Crippen LogP contribution in [0.15, 0.2) is 41.1 Å². The minimum Gasteiger partial charge on any atom is -0.497 e. The second-order valence-electron chi connectivity index (χ2n) is 5.96. The number of aromatic nitrogens is 2. The van der Waals surface area contributed by atoms with E-state index in [1.54, 1.807) is 24.1 Å². The molecule has 0 bridgehead atoms. The zero-order valence-electron chi connectivity index (χ0n) is 14.7. The zero-order valence-corrected chi connectivity index (χ0v) is 14.7. The summed E-state index contributed by atoms with van der Waals surface area (Å²) in [5.41, 5.74) is 2.65. The quantitative estimate of drug-likeness (QED) is 0.724. The number of furan rings is 1. The second-order valence-corrected chi connectivity index (χ2v) is 5.96. The summed E-state index contributed by atoms with van der Waals surface area (Å²) in [6, 6.07) is 5.43. The number of aryl methyl sites for hydroxylation is 2. The van der Waals surface area contributed by atoms with E-state index in [1.807, 2.05) is 45.3 Å². The number of benzene rings is 1. The predicted molar refractivity (Wildman–Crippen MR) is 96.3 cm³/mol. The highest BCUT2D eigenvalue weighted by Crippen LogP contribution is 2.31. The Labute approximate surface area is 146 Å². The van der Waals surface area contributed by atoms with Crippen LogP contribution in [0.25, 0.3) is 17.0 Å². The van der Waals surface area contributed by atoms with E-state index in [0.29, 0.717) is 0 Å². The largest absolute Gasteiger partial charge is 0.497 e. The summed E-state index contributed by atoms with van der Waals surface area (Å²) in [7, 11) is 3.47. The number of rotatable bonds is 5. The van der Waals surface area contributed by atoms with Crippen LogP contribution in [-0.4, -0.2) is 22.8 Å². The first kappa shape index (κ1) is 16.8. The maximum Gasteiger partial charge on any atom is 0.244 e. The van der Waals surface area contributed by atoms with Crippen molar-refractivity contribution in [1.29, 1.82) is 0 Å². The molecule has 0 saturated heterocycles. The zero-order chi connectivity index (χ0) is 18.0. The summed E-state index contributed by atoms with van der Waals surface area (Å²) in [4.78, 5) is 12.1. The Morgan fingerprint density at radius 2 is 2.24 bits per heavy atom. The highest BCUT2D eigenvalue weighted by molar-refractivity contribution is 5.92. The van der Waals surface area contributed by atoms with E-state index in [4.69, 9.17) is 9.15 Å². The first-order valence-electron chi connectivity index (χ1n) is 8.02. The lowest BCUT2D eigenvalue weighted by Crippen LogP contribution is -2.24. The molecule has 0 saturated carbocycles. The number of nitrogens with one attached hydrogen (secondary N) is 1. The lowest BCUT2D eigenvalue weighted by Gasteiger charge is -2.10. The Hall–Kier alpha value is -3.02. The van der Waals surface area contributed by atoms with E-state index < -0.39 is 0 Å². The Bertz CT molecular complexity index is 937. The molecule has 1 atom stereocenters. The van der Waals surface area contributed by atoms with Gasteiger partial charge >= 0.3 is 0 Å². The van der Waals surface area contributed by atoms with Gasteiger partial charge in [0.15, 0.2) is 0 Å². The maximum atomic E-state index is 12.1. The van der Waals surface area contributed by atoms with Crippen molar-refractivity contribution in [2.24, 2.45) is 7.05 Å². The smallest absolute Gasteiger partial charge is 0.244 e. The third-order valence-electron chi connectivity index (χ3n) is 4.08. The molecule has 6 heteroatoms. The summed E-state index contributed by atoms with van der Waals surface area (Å²) in [6.07, 6.45) is 6.76. The van der Waals surface area contributed by atoms with E-state index in [2.05, 4.69) is 10.4 Å². The molecule has 0 aliphatic rings. The summed E-state index contributed by atoms with van der Waals surface area (Å²) >= 11 is 0. The van der Waals surface area contributed by atoms with Crippen LogP contribution >= 0.6 is 0 Å². The van der Waals surface area contributed by atoms with Gasteiger partial charge in [-0.15, -0.1) is 0 Å². The van der Waals surface area contributed by atoms with Crippen molar-refractivity contribution in [3.8, 4) is 5.75 Å². The van der Waals surface area contributed by atoms with Gasteiger partial charge in [-0.25, -0.2) is 0 Å². The van der Waals surface area contributed by atoms with Gasteiger partial charge in [0, 0.05) is 35.8 Å². The van der Waals surface area contributed by atoms with Gasteiger partial charge in [-0.3, -0.25) is 9.48 Å². The average molecular weight is 339 g/mol. The van der Waals surface area contributed by atoms with Gasteiger partial charge in [-0.1, -0.05) is 0 Å². The summed E-state index contributed by atoms with van der Waals surface area (Å²) < 4.78 is 12.9. The number of fused-ring (bicyclic) bond motifs is 1. The molecule has 1 N–H and O–H groups in total. The number of hydrogen-bond donors (Lipinski definition) is 1. The molecule has 0 radical (unpaired) electrons. The molecule has 1 aromatic carbocycles. The number of nitrogens with zero attached hydrogens (tertiary/aromatic N) is 2. The lowest BCUT2D eigenvalue weighted by atomic mass is 10.1. The van der Waals surface area contributed by atoms with Crippen LogP contribution in [0.4, 0.5) is 0 Å². The van der Waals surface area contributed by atoms with E-state index in [0.717, 1.165) is 33.6 Å². The third kappa shape index (κ3) is 3.57. The third-order valence-corrected chi connectivity index (χ3v) is 4.08. The van der Waals surface area contributed by atoms with E-state index in [-0.39, 0.29) is 11.9 Å². The van der Waals surface area contributed by atoms with E-state index >= 15 is 0 Å². The number of carbonyl (C=O) groups is 1. The fraction of sp³-hybridized carbons (Fsp3) is 0.263. The average Bonchev–Trinajstić information content (AvgIpc) is 3.16. The molecule has 130 valence electrons. The van der Waals surface area contributed by atoms with Crippen LogP contribution < -0.4 is 10.1 Å². The molecule has 1 amide bonds. The minimum atomic E-state index is -0.246. The molecular formula is C19H21N3O3. The molecule has 3 rings (SSSR count). The Balaban J connectivity index is 1.75. The normalized spacial score (nSPS) is 12.6. The number of amides is 1. The van der Waals surface area contributed by atoms with Gasteiger partial charge in [0.2, 0.25) is 5.91 Å². The van der Waals surface area contributed by atoms with Crippen LogP contribution in [0, 0.1) is 6.92 Å². The summed E-state index contributed by atoms with van der Waals surface area (Å²) in [5.74, 6) is 1.33. The van der Waals surface area contributed by atoms with Gasteiger partial charge in [0.1, 0.15) is 17.1 Å². The van der Waals surface area contributed by atoms with Gasteiger partial charge in [-0.05, 0) is 38.1 Å². The molecule has 3 aromatic rings. The maximum absolute atomic E-state index is 12.1. The van der Waals surface area contributed by atoms with Crippen molar-refractivity contribution in [3.63, 3.8) is 0 Å². The molecule has 0 spiro atoms. The summed E-state index contributed by atoms with van der Waals surface area (Å²) in [6.45, 7) is 3.88. The molecule has 2 aromatic heterocycles. The first-order chi connectivity index (χ1) is 12.0. The molecule has 2 heterocycles. The van der Waals surface area contributed by atoms with Crippen LogP contribution in [0.3, 0.4) is 0 Å². The first-order valence-corrected chi connectivity index (χ1v) is 8.02. The molecule has 25 heavy (non-hydrogen) atoms. The highest BCUT2D eigenvalue weighted by atomic mass is 16.5. The van der Waals surface area contributed by atoms with Crippen molar-refractivity contribution in [2.75, 3.05) is 7.11 Å². The fourth-order valence-corrected chi connectivity index (χ4v) is 2.78.